The maximum absolute atomic E-state index is 6.31. The number of rotatable bonds is 1. The molecule has 1 spiro atoms. The van der Waals surface area contributed by atoms with Crippen LogP contribution in [0.1, 0.15) is 19.3 Å². The van der Waals surface area contributed by atoms with Gasteiger partial charge in [0, 0.05) is 13.1 Å². The molecule has 2 N–H and O–H groups in total. The van der Waals surface area contributed by atoms with Crippen LogP contribution < -0.4 is 10.6 Å². The number of halogens is 1. The fraction of sp³-hybridized carbons (Fsp3) is 0.714. The molecule has 0 saturated carbocycles. The molecule has 114 valence electrons. The van der Waals surface area contributed by atoms with E-state index in [9.17, 15) is 0 Å². The molecule has 4 fully saturated rings. The van der Waals surface area contributed by atoms with Crippen molar-refractivity contribution in [3.8, 4) is 0 Å². The molecule has 5 rings (SSSR count). The monoisotopic (exact) mass is 309 g/mol. The first-order chi connectivity index (χ1) is 10.2. The first-order valence-corrected chi connectivity index (χ1v) is 7.94. The molecule has 0 amide bonds. The number of hydrogen-bond acceptors (Lipinski definition) is 6. The van der Waals surface area contributed by atoms with Crippen LogP contribution in [-0.2, 0) is 4.74 Å². The summed E-state index contributed by atoms with van der Waals surface area (Å²) < 4.78 is 6.31. The molecule has 5 heterocycles. The average Bonchev–Trinajstić information content (AvgIpc) is 2.50. The highest BCUT2D eigenvalue weighted by atomic mass is 35.5. The van der Waals surface area contributed by atoms with Gasteiger partial charge in [0.25, 0.3) is 0 Å². The van der Waals surface area contributed by atoms with Crippen molar-refractivity contribution in [2.24, 2.45) is 11.7 Å². The Bertz CT molecular complexity index is 519. The van der Waals surface area contributed by atoms with Gasteiger partial charge < -0.3 is 14.5 Å². The van der Waals surface area contributed by atoms with Gasteiger partial charge in [0.15, 0.2) is 6.35 Å². The van der Waals surface area contributed by atoms with Crippen molar-refractivity contribution in [2.45, 2.75) is 31.2 Å². The smallest absolute Gasteiger partial charge is 0.186 e. The number of fused-ring (bicyclic) bond motifs is 2. The third-order valence-electron chi connectivity index (χ3n) is 5.16. The van der Waals surface area contributed by atoms with E-state index in [4.69, 9.17) is 22.1 Å². The van der Waals surface area contributed by atoms with Crippen LogP contribution in [0, 0.1) is 5.92 Å². The number of hydrogen-bond donors (Lipinski definition) is 1. The third-order valence-corrected chi connectivity index (χ3v) is 5.36. The highest BCUT2D eigenvalue weighted by Gasteiger charge is 2.51. The Balaban J connectivity index is 1.52. The summed E-state index contributed by atoms with van der Waals surface area (Å²) in [6.45, 7) is 4.28. The molecule has 6 nitrogen and oxygen atoms in total. The zero-order valence-electron chi connectivity index (χ0n) is 11.9. The van der Waals surface area contributed by atoms with Crippen molar-refractivity contribution in [1.82, 2.24) is 14.9 Å². The van der Waals surface area contributed by atoms with Gasteiger partial charge in [-0.05, 0) is 38.3 Å². The van der Waals surface area contributed by atoms with E-state index >= 15 is 0 Å². The van der Waals surface area contributed by atoms with Crippen LogP contribution in [0.2, 0.25) is 5.15 Å². The van der Waals surface area contributed by atoms with E-state index in [1.165, 1.54) is 25.9 Å². The Morgan fingerprint density at radius 3 is 2.62 bits per heavy atom. The van der Waals surface area contributed by atoms with Crippen LogP contribution in [0.4, 0.5) is 5.82 Å². The highest BCUT2D eigenvalue weighted by molar-refractivity contribution is 6.29. The number of nitrogens with two attached hydrogens (primary N) is 1. The normalized spacial score (nSPS) is 39.0. The van der Waals surface area contributed by atoms with Gasteiger partial charge in [-0.1, -0.05) is 11.6 Å². The minimum atomic E-state index is -0.463. The Kier molecular flexibility index (Phi) is 3.29. The predicted molar refractivity (Wildman–Crippen MR) is 80.0 cm³/mol. The minimum Gasteiger partial charge on any atom is -0.337 e. The summed E-state index contributed by atoms with van der Waals surface area (Å²) in [5.74, 6) is 1.37. The lowest BCUT2D eigenvalue weighted by molar-refractivity contribution is -0.197. The SMILES string of the molecule is NC1OC2(CCN1c1cnc(Cl)cn1)CN1CCC2CC1. The summed E-state index contributed by atoms with van der Waals surface area (Å²) in [5, 5.41) is 0.388. The second-order valence-electron chi connectivity index (χ2n) is 6.26. The third kappa shape index (κ3) is 2.30. The van der Waals surface area contributed by atoms with Gasteiger partial charge in [0.2, 0.25) is 0 Å². The summed E-state index contributed by atoms with van der Waals surface area (Å²) >= 11 is 5.79. The summed E-state index contributed by atoms with van der Waals surface area (Å²) in [4.78, 5) is 12.8. The molecule has 2 unspecified atom stereocenters. The first-order valence-electron chi connectivity index (χ1n) is 7.56. The van der Waals surface area contributed by atoms with Crippen molar-refractivity contribution in [2.75, 3.05) is 31.1 Å². The van der Waals surface area contributed by atoms with Crippen molar-refractivity contribution < 1.29 is 4.74 Å². The first kappa shape index (κ1) is 13.7. The molecule has 0 radical (unpaired) electrons. The largest absolute Gasteiger partial charge is 0.337 e. The van der Waals surface area contributed by atoms with Gasteiger partial charge in [-0.3, -0.25) is 5.73 Å². The van der Waals surface area contributed by atoms with Crippen LogP contribution in [0.25, 0.3) is 0 Å². The summed E-state index contributed by atoms with van der Waals surface area (Å²) in [6, 6.07) is 0. The lowest BCUT2D eigenvalue weighted by Gasteiger charge is -2.57. The molecule has 1 aromatic heterocycles. The van der Waals surface area contributed by atoms with E-state index in [1.54, 1.807) is 12.4 Å². The molecular weight excluding hydrogens is 290 g/mol. The minimum absolute atomic E-state index is 0.0632. The Hall–Kier alpha value is -0.950. The van der Waals surface area contributed by atoms with Crippen molar-refractivity contribution in [3.63, 3.8) is 0 Å². The van der Waals surface area contributed by atoms with E-state index in [1.807, 2.05) is 4.90 Å². The van der Waals surface area contributed by atoms with Gasteiger partial charge >= 0.3 is 0 Å². The van der Waals surface area contributed by atoms with Crippen LogP contribution in [-0.4, -0.2) is 53.0 Å². The second kappa shape index (κ2) is 5.05. The predicted octanol–water partition coefficient (Wildman–Crippen LogP) is 1.06. The summed E-state index contributed by atoms with van der Waals surface area (Å²) in [7, 11) is 0. The van der Waals surface area contributed by atoms with Crippen LogP contribution in [0.15, 0.2) is 12.4 Å². The summed E-state index contributed by atoms with van der Waals surface area (Å²) in [5.41, 5.74) is 6.21. The number of aromatic nitrogens is 2. The Morgan fingerprint density at radius 1 is 1.24 bits per heavy atom. The van der Waals surface area contributed by atoms with Crippen molar-refractivity contribution in [3.05, 3.63) is 17.5 Å². The molecule has 4 aliphatic heterocycles. The topological polar surface area (TPSA) is 67.5 Å². The Labute approximate surface area is 129 Å². The van der Waals surface area contributed by atoms with Gasteiger partial charge in [0.05, 0.1) is 18.0 Å². The lowest BCUT2D eigenvalue weighted by Crippen LogP contribution is -2.67. The molecule has 4 saturated heterocycles. The molecule has 2 bridgehead atoms. The molecule has 1 aromatic rings. The van der Waals surface area contributed by atoms with E-state index in [-0.39, 0.29) is 5.60 Å². The molecule has 4 aliphatic rings. The highest BCUT2D eigenvalue weighted by Crippen LogP contribution is 2.43. The number of ether oxygens (including phenoxy) is 1. The molecule has 2 atom stereocenters. The standard InChI is InChI=1S/C14H20ClN5O/c15-11-7-18-12(8-17-11)20-6-3-14(21-13(20)16)9-19-4-1-10(14)2-5-19/h7-8,10,13H,1-6,9,16H2. The zero-order chi connectivity index (χ0) is 14.4. The molecule has 0 aromatic carbocycles. The molecular formula is C14H20ClN5O. The number of nitrogens with zero attached hydrogens (tertiary/aromatic N) is 4. The molecule has 0 aliphatic carbocycles. The van der Waals surface area contributed by atoms with Crippen molar-refractivity contribution >= 4 is 17.4 Å². The van der Waals surface area contributed by atoms with Gasteiger partial charge in [0.1, 0.15) is 11.0 Å². The van der Waals surface area contributed by atoms with Gasteiger partial charge in [-0.2, -0.15) is 0 Å². The number of piperidine rings is 3. The fourth-order valence-corrected chi connectivity index (χ4v) is 4.14. The van der Waals surface area contributed by atoms with Gasteiger partial charge in [-0.15, -0.1) is 0 Å². The Morgan fingerprint density at radius 2 is 2.05 bits per heavy atom. The maximum Gasteiger partial charge on any atom is 0.186 e. The van der Waals surface area contributed by atoms with E-state index in [2.05, 4.69) is 14.9 Å². The fourth-order valence-electron chi connectivity index (χ4n) is 4.04. The van der Waals surface area contributed by atoms with Crippen LogP contribution in [0.3, 0.4) is 0 Å². The molecule has 21 heavy (non-hydrogen) atoms. The quantitative estimate of drug-likeness (QED) is 0.837. The lowest BCUT2D eigenvalue weighted by atomic mass is 9.73. The zero-order valence-corrected chi connectivity index (χ0v) is 12.7. The molecule has 7 heteroatoms. The average molecular weight is 310 g/mol. The van der Waals surface area contributed by atoms with Gasteiger partial charge in [-0.25, -0.2) is 9.97 Å². The summed E-state index contributed by atoms with van der Waals surface area (Å²) in [6.07, 6.45) is 6.19. The second-order valence-corrected chi connectivity index (χ2v) is 6.65. The van der Waals surface area contributed by atoms with Crippen molar-refractivity contribution in [1.29, 1.82) is 0 Å². The number of anilines is 1. The van der Waals surface area contributed by atoms with E-state index < -0.39 is 6.35 Å². The van der Waals surface area contributed by atoms with E-state index in [0.29, 0.717) is 11.1 Å². The van der Waals surface area contributed by atoms with Crippen LogP contribution >= 0.6 is 11.6 Å². The maximum atomic E-state index is 6.31. The van der Waals surface area contributed by atoms with Crippen LogP contribution in [0.5, 0.6) is 0 Å². The van der Waals surface area contributed by atoms with E-state index in [0.717, 1.165) is 25.3 Å².